The van der Waals surface area contributed by atoms with E-state index in [1.165, 1.54) is 0 Å². The predicted octanol–water partition coefficient (Wildman–Crippen LogP) is 2.61. The first-order chi connectivity index (χ1) is 11.2. The minimum Gasteiger partial charge on any atom is -0.497 e. The Kier molecular flexibility index (Phi) is 4.76. The third-order valence-corrected chi connectivity index (χ3v) is 4.37. The first kappa shape index (κ1) is 15.7. The molecule has 2 heterocycles. The van der Waals surface area contributed by atoms with Gasteiger partial charge in [0.25, 0.3) is 0 Å². The van der Waals surface area contributed by atoms with E-state index < -0.39 is 0 Å². The van der Waals surface area contributed by atoms with E-state index in [4.69, 9.17) is 4.74 Å². The smallest absolute Gasteiger partial charge is 0.132 e. The average molecular weight is 313 g/mol. The lowest BCUT2D eigenvalue weighted by molar-refractivity contribution is 0.189. The van der Waals surface area contributed by atoms with Gasteiger partial charge in [-0.1, -0.05) is 6.92 Å². The molecule has 1 aliphatic rings. The van der Waals surface area contributed by atoms with Crippen molar-refractivity contribution in [1.82, 2.24) is 9.97 Å². The van der Waals surface area contributed by atoms with E-state index in [0.717, 1.165) is 42.3 Å². The number of aliphatic hydroxyl groups excluding tert-OH is 1. The lowest BCUT2D eigenvalue weighted by atomic mass is 9.91. The summed E-state index contributed by atoms with van der Waals surface area (Å²) in [4.78, 5) is 11.1. The molecule has 1 aliphatic heterocycles. The lowest BCUT2D eigenvalue weighted by Crippen LogP contribution is -2.41. The van der Waals surface area contributed by atoms with Gasteiger partial charge in [-0.25, -0.2) is 9.97 Å². The van der Waals surface area contributed by atoms with Crippen LogP contribution in [0.2, 0.25) is 0 Å². The van der Waals surface area contributed by atoms with Crippen molar-refractivity contribution in [3.8, 4) is 17.0 Å². The first-order valence-electron chi connectivity index (χ1n) is 8.02. The molecule has 0 amide bonds. The molecule has 1 N–H and O–H groups in total. The molecular formula is C18H23N3O2. The maximum atomic E-state index is 9.48. The van der Waals surface area contributed by atoms with Crippen molar-refractivity contribution in [2.75, 3.05) is 31.7 Å². The average Bonchev–Trinajstić information content (AvgIpc) is 2.61. The van der Waals surface area contributed by atoms with Gasteiger partial charge in [-0.2, -0.15) is 0 Å². The van der Waals surface area contributed by atoms with Crippen LogP contribution in [0.15, 0.2) is 36.7 Å². The molecule has 5 heteroatoms. The summed E-state index contributed by atoms with van der Waals surface area (Å²) in [6, 6.07) is 9.89. The number of rotatable bonds is 4. The maximum Gasteiger partial charge on any atom is 0.132 e. The van der Waals surface area contributed by atoms with Gasteiger partial charge in [0.1, 0.15) is 17.9 Å². The molecule has 1 fully saturated rings. The zero-order valence-electron chi connectivity index (χ0n) is 13.6. The molecule has 1 aromatic heterocycles. The Hall–Kier alpha value is -2.14. The molecule has 3 rings (SSSR count). The summed E-state index contributed by atoms with van der Waals surface area (Å²) in [5, 5.41) is 9.48. The third-order valence-electron chi connectivity index (χ3n) is 4.37. The highest BCUT2D eigenvalue weighted by atomic mass is 16.5. The van der Waals surface area contributed by atoms with E-state index in [-0.39, 0.29) is 6.61 Å². The standard InChI is InChI=1S/C18H23N3O2/c1-13-7-14(11-22)10-21(9-13)18-8-17(19-12-20-18)15-3-5-16(23-2)6-4-15/h3-6,8,12-14,22H,7,9-11H2,1-2H3. The zero-order chi connectivity index (χ0) is 16.2. The molecule has 2 atom stereocenters. The van der Waals surface area contributed by atoms with Crippen LogP contribution in [0.1, 0.15) is 13.3 Å². The van der Waals surface area contributed by atoms with Gasteiger partial charge in [0.05, 0.1) is 12.8 Å². The monoisotopic (exact) mass is 313 g/mol. The highest BCUT2D eigenvalue weighted by Gasteiger charge is 2.25. The Balaban J connectivity index is 1.84. The molecule has 1 saturated heterocycles. The summed E-state index contributed by atoms with van der Waals surface area (Å²) in [6.07, 6.45) is 2.69. The third kappa shape index (κ3) is 3.62. The van der Waals surface area contributed by atoms with E-state index >= 15 is 0 Å². The summed E-state index contributed by atoms with van der Waals surface area (Å²) in [5.74, 6) is 2.63. The number of benzene rings is 1. The van der Waals surface area contributed by atoms with E-state index in [9.17, 15) is 5.11 Å². The van der Waals surface area contributed by atoms with Crippen molar-refractivity contribution in [2.45, 2.75) is 13.3 Å². The van der Waals surface area contributed by atoms with Crippen molar-refractivity contribution < 1.29 is 9.84 Å². The largest absolute Gasteiger partial charge is 0.497 e. The van der Waals surface area contributed by atoms with Gasteiger partial charge in [0.15, 0.2) is 0 Å². The summed E-state index contributed by atoms with van der Waals surface area (Å²) in [5.41, 5.74) is 1.94. The first-order valence-corrected chi connectivity index (χ1v) is 8.02. The van der Waals surface area contributed by atoms with E-state index in [1.54, 1.807) is 13.4 Å². The Labute approximate surface area is 137 Å². The van der Waals surface area contributed by atoms with Gasteiger partial charge < -0.3 is 14.7 Å². The molecular weight excluding hydrogens is 290 g/mol. The van der Waals surface area contributed by atoms with Crippen molar-refractivity contribution in [2.24, 2.45) is 11.8 Å². The summed E-state index contributed by atoms with van der Waals surface area (Å²) >= 11 is 0. The number of nitrogens with zero attached hydrogens (tertiary/aromatic N) is 3. The molecule has 0 saturated carbocycles. The normalized spacial score (nSPS) is 21.3. The van der Waals surface area contributed by atoms with Crippen LogP contribution in [0, 0.1) is 11.8 Å². The van der Waals surface area contributed by atoms with E-state index in [0.29, 0.717) is 11.8 Å². The number of piperidine rings is 1. The fourth-order valence-electron chi connectivity index (χ4n) is 3.24. The Morgan fingerprint density at radius 1 is 1.22 bits per heavy atom. The zero-order valence-corrected chi connectivity index (χ0v) is 13.6. The summed E-state index contributed by atoms with van der Waals surface area (Å²) in [6.45, 7) is 4.27. The quantitative estimate of drug-likeness (QED) is 0.940. The van der Waals surface area contributed by atoms with Gasteiger partial charge in [-0.3, -0.25) is 0 Å². The van der Waals surface area contributed by atoms with E-state index in [2.05, 4.69) is 21.8 Å². The van der Waals surface area contributed by atoms with Crippen LogP contribution in [-0.2, 0) is 0 Å². The number of methoxy groups -OCH3 is 1. The minimum absolute atomic E-state index is 0.233. The number of aromatic nitrogens is 2. The number of hydrogen-bond acceptors (Lipinski definition) is 5. The molecule has 0 spiro atoms. The number of aliphatic hydroxyl groups is 1. The molecule has 2 aromatic rings. The molecule has 1 aromatic carbocycles. The van der Waals surface area contributed by atoms with Gasteiger partial charge in [-0.05, 0) is 42.5 Å². The van der Waals surface area contributed by atoms with Crippen molar-refractivity contribution in [3.63, 3.8) is 0 Å². The van der Waals surface area contributed by atoms with Gasteiger partial charge in [-0.15, -0.1) is 0 Å². The van der Waals surface area contributed by atoms with Crippen LogP contribution < -0.4 is 9.64 Å². The Bertz CT molecular complexity index is 645. The van der Waals surface area contributed by atoms with Crippen LogP contribution in [0.25, 0.3) is 11.3 Å². The van der Waals surface area contributed by atoms with Crippen LogP contribution in [0.3, 0.4) is 0 Å². The Morgan fingerprint density at radius 2 is 2.00 bits per heavy atom. The molecule has 122 valence electrons. The van der Waals surface area contributed by atoms with Gasteiger partial charge in [0, 0.05) is 31.3 Å². The number of anilines is 1. The molecule has 0 aliphatic carbocycles. The molecule has 2 unspecified atom stereocenters. The van der Waals surface area contributed by atoms with Crippen molar-refractivity contribution >= 4 is 5.82 Å². The van der Waals surface area contributed by atoms with Crippen LogP contribution >= 0.6 is 0 Å². The molecule has 0 radical (unpaired) electrons. The number of hydrogen-bond donors (Lipinski definition) is 1. The van der Waals surface area contributed by atoms with Crippen molar-refractivity contribution in [1.29, 1.82) is 0 Å². The van der Waals surface area contributed by atoms with Crippen molar-refractivity contribution in [3.05, 3.63) is 36.7 Å². The second-order valence-corrected chi connectivity index (χ2v) is 6.28. The fraction of sp³-hybridized carbons (Fsp3) is 0.444. The van der Waals surface area contributed by atoms with E-state index in [1.807, 2.05) is 30.3 Å². The van der Waals surface area contributed by atoms with Crippen LogP contribution in [0.5, 0.6) is 5.75 Å². The highest BCUT2D eigenvalue weighted by Crippen LogP contribution is 2.27. The molecule has 5 nitrogen and oxygen atoms in total. The highest BCUT2D eigenvalue weighted by molar-refractivity contribution is 5.63. The topological polar surface area (TPSA) is 58.5 Å². The second-order valence-electron chi connectivity index (χ2n) is 6.28. The van der Waals surface area contributed by atoms with Gasteiger partial charge in [0.2, 0.25) is 0 Å². The lowest BCUT2D eigenvalue weighted by Gasteiger charge is -2.36. The summed E-state index contributed by atoms with van der Waals surface area (Å²) in [7, 11) is 1.66. The predicted molar refractivity (Wildman–Crippen MR) is 90.6 cm³/mol. The molecule has 23 heavy (non-hydrogen) atoms. The Morgan fingerprint density at radius 3 is 2.70 bits per heavy atom. The summed E-state index contributed by atoms with van der Waals surface area (Å²) < 4.78 is 5.20. The minimum atomic E-state index is 0.233. The SMILES string of the molecule is COc1ccc(-c2cc(N3CC(C)CC(CO)C3)ncn2)cc1. The maximum absolute atomic E-state index is 9.48. The second kappa shape index (κ2) is 6.96. The van der Waals surface area contributed by atoms with Crippen LogP contribution in [0.4, 0.5) is 5.82 Å². The fourth-order valence-corrected chi connectivity index (χ4v) is 3.24. The van der Waals surface area contributed by atoms with Gasteiger partial charge >= 0.3 is 0 Å². The molecule has 0 bridgehead atoms. The van der Waals surface area contributed by atoms with Crippen LogP contribution in [-0.4, -0.2) is 41.9 Å². The number of ether oxygens (including phenoxy) is 1.